The lowest BCUT2D eigenvalue weighted by Gasteiger charge is -2.44. The van der Waals surface area contributed by atoms with Gasteiger partial charge in [-0.3, -0.25) is 9.59 Å². The van der Waals surface area contributed by atoms with Crippen LogP contribution in [0.4, 0.5) is 11.4 Å². The highest BCUT2D eigenvalue weighted by Crippen LogP contribution is 2.46. The minimum atomic E-state index is -1.30. The van der Waals surface area contributed by atoms with E-state index in [-0.39, 0.29) is 11.8 Å². The van der Waals surface area contributed by atoms with Crippen molar-refractivity contribution in [1.29, 1.82) is 0 Å². The van der Waals surface area contributed by atoms with Gasteiger partial charge < -0.3 is 20.3 Å². The highest BCUT2D eigenvalue weighted by atomic mass is 35.5. The maximum atomic E-state index is 13.2. The largest absolute Gasteiger partial charge is 0.497 e. The van der Waals surface area contributed by atoms with Gasteiger partial charge in [-0.15, -0.1) is 0 Å². The van der Waals surface area contributed by atoms with Crippen LogP contribution in [0.1, 0.15) is 29.3 Å². The standard InChI is InChI=1S/C19H18ClN3O3/c1-3-8-23-17(24)13-6-4-11(20)9-15(13)22-19(23)14-7-5-12(26-2)10-16(14)21-18(19)25/h4-7,9-10,22H,3,8H2,1-2H3,(H,21,25). The number of nitrogens with zero attached hydrogens (tertiary/aromatic N) is 1. The van der Waals surface area contributed by atoms with Gasteiger partial charge in [0.1, 0.15) is 5.75 Å². The lowest BCUT2D eigenvalue weighted by Crippen LogP contribution is -2.61. The molecule has 0 saturated heterocycles. The Morgan fingerprint density at radius 3 is 2.69 bits per heavy atom. The summed E-state index contributed by atoms with van der Waals surface area (Å²) in [5.41, 5.74) is 1.07. The van der Waals surface area contributed by atoms with E-state index >= 15 is 0 Å². The van der Waals surface area contributed by atoms with E-state index in [1.807, 2.05) is 13.0 Å². The molecule has 0 bridgehead atoms. The molecule has 1 atom stereocenters. The first-order valence-corrected chi connectivity index (χ1v) is 8.78. The van der Waals surface area contributed by atoms with Crippen molar-refractivity contribution in [3.63, 3.8) is 0 Å². The Hall–Kier alpha value is -2.73. The predicted molar refractivity (Wildman–Crippen MR) is 99.7 cm³/mol. The number of ether oxygens (including phenoxy) is 1. The van der Waals surface area contributed by atoms with Crippen LogP contribution >= 0.6 is 11.6 Å². The first-order valence-electron chi connectivity index (χ1n) is 8.41. The van der Waals surface area contributed by atoms with Crippen molar-refractivity contribution < 1.29 is 14.3 Å². The molecular weight excluding hydrogens is 354 g/mol. The van der Waals surface area contributed by atoms with Crippen LogP contribution in [0.25, 0.3) is 0 Å². The molecule has 26 heavy (non-hydrogen) atoms. The van der Waals surface area contributed by atoms with Gasteiger partial charge in [-0.25, -0.2) is 0 Å². The Kier molecular flexibility index (Phi) is 3.80. The van der Waals surface area contributed by atoms with Crippen LogP contribution in [0.5, 0.6) is 5.75 Å². The van der Waals surface area contributed by atoms with E-state index in [9.17, 15) is 9.59 Å². The topological polar surface area (TPSA) is 70.7 Å². The number of methoxy groups -OCH3 is 1. The maximum Gasteiger partial charge on any atom is 0.276 e. The molecule has 7 heteroatoms. The summed E-state index contributed by atoms with van der Waals surface area (Å²) in [5.74, 6) is 0.137. The Labute approximate surface area is 156 Å². The SMILES string of the molecule is CCCN1C(=O)c2ccc(Cl)cc2NC12C(=O)Nc1cc(OC)ccc12. The summed E-state index contributed by atoms with van der Waals surface area (Å²) in [6.45, 7) is 2.41. The summed E-state index contributed by atoms with van der Waals surface area (Å²) < 4.78 is 5.25. The van der Waals surface area contributed by atoms with Gasteiger partial charge in [-0.1, -0.05) is 18.5 Å². The molecule has 1 spiro atoms. The molecule has 2 aliphatic heterocycles. The molecule has 2 aromatic rings. The van der Waals surface area contributed by atoms with E-state index in [0.29, 0.717) is 39.8 Å². The molecule has 2 heterocycles. The monoisotopic (exact) mass is 371 g/mol. The summed E-state index contributed by atoms with van der Waals surface area (Å²) >= 11 is 6.11. The van der Waals surface area contributed by atoms with Crippen LogP contribution in [-0.2, 0) is 10.5 Å². The maximum absolute atomic E-state index is 13.2. The number of hydrogen-bond acceptors (Lipinski definition) is 4. The smallest absolute Gasteiger partial charge is 0.276 e. The molecule has 1 unspecified atom stereocenters. The van der Waals surface area contributed by atoms with E-state index in [2.05, 4.69) is 10.6 Å². The third kappa shape index (κ3) is 2.18. The zero-order valence-electron chi connectivity index (χ0n) is 14.4. The van der Waals surface area contributed by atoms with E-state index in [0.717, 1.165) is 6.42 Å². The number of carbonyl (C=O) groups excluding carboxylic acids is 2. The zero-order chi connectivity index (χ0) is 18.5. The number of halogens is 1. The molecule has 0 saturated carbocycles. The number of nitrogens with one attached hydrogen (secondary N) is 2. The summed E-state index contributed by atoms with van der Waals surface area (Å²) in [6, 6.07) is 10.4. The van der Waals surface area contributed by atoms with Crippen LogP contribution in [0.3, 0.4) is 0 Å². The second-order valence-electron chi connectivity index (χ2n) is 6.35. The van der Waals surface area contributed by atoms with Gasteiger partial charge in [0, 0.05) is 23.2 Å². The minimum Gasteiger partial charge on any atom is -0.497 e. The molecule has 2 amide bonds. The van der Waals surface area contributed by atoms with Crippen molar-refractivity contribution in [1.82, 2.24) is 4.90 Å². The molecule has 0 aliphatic carbocycles. The predicted octanol–water partition coefficient (Wildman–Crippen LogP) is 3.43. The highest BCUT2D eigenvalue weighted by Gasteiger charge is 2.56. The summed E-state index contributed by atoms with van der Waals surface area (Å²) in [4.78, 5) is 27.9. The van der Waals surface area contributed by atoms with Gasteiger partial charge in [0.05, 0.1) is 24.0 Å². The van der Waals surface area contributed by atoms with Gasteiger partial charge in [0.15, 0.2) is 0 Å². The Morgan fingerprint density at radius 1 is 1.15 bits per heavy atom. The number of rotatable bonds is 3. The third-order valence-corrected chi connectivity index (χ3v) is 5.05. The quantitative estimate of drug-likeness (QED) is 0.867. The fourth-order valence-corrected chi connectivity index (χ4v) is 3.83. The number of anilines is 2. The van der Waals surface area contributed by atoms with Crippen LogP contribution in [0.15, 0.2) is 36.4 Å². The van der Waals surface area contributed by atoms with Crippen molar-refractivity contribution in [3.8, 4) is 5.75 Å². The number of benzene rings is 2. The molecule has 6 nitrogen and oxygen atoms in total. The molecule has 2 aliphatic rings. The minimum absolute atomic E-state index is 0.198. The molecule has 2 N–H and O–H groups in total. The molecule has 134 valence electrons. The van der Waals surface area contributed by atoms with Gasteiger partial charge in [0.25, 0.3) is 11.8 Å². The zero-order valence-corrected chi connectivity index (χ0v) is 15.2. The highest BCUT2D eigenvalue weighted by molar-refractivity contribution is 6.31. The van der Waals surface area contributed by atoms with Gasteiger partial charge >= 0.3 is 0 Å². The normalized spacial score (nSPS) is 20.5. The van der Waals surface area contributed by atoms with Crippen molar-refractivity contribution in [2.45, 2.75) is 19.0 Å². The number of amides is 2. The van der Waals surface area contributed by atoms with Crippen molar-refractivity contribution in [3.05, 3.63) is 52.5 Å². The molecular formula is C19H18ClN3O3. The molecule has 2 aromatic carbocycles. The Bertz CT molecular complexity index is 930. The average Bonchev–Trinajstić information content (AvgIpc) is 2.89. The molecule has 0 fully saturated rings. The Balaban J connectivity index is 1.94. The summed E-state index contributed by atoms with van der Waals surface area (Å²) in [6.07, 6.45) is 0.719. The third-order valence-electron chi connectivity index (χ3n) is 4.82. The van der Waals surface area contributed by atoms with Crippen molar-refractivity contribution in [2.75, 3.05) is 24.3 Å². The van der Waals surface area contributed by atoms with Gasteiger partial charge in [-0.2, -0.15) is 0 Å². The van der Waals surface area contributed by atoms with Crippen molar-refractivity contribution >= 4 is 34.8 Å². The fraction of sp³-hybridized carbons (Fsp3) is 0.263. The average molecular weight is 372 g/mol. The lowest BCUT2D eigenvalue weighted by molar-refractivity contribution is -0.125. The molecule has 4 rings (SSSR count). The van der Waals surface area contributed by atoms with E-state index in [4.69, 9.17) is 16.3 Å². The van der Waals surface area contributed by atoms with Crippen LogP contribution in [0, 0.1) is 0 Å². The molecule has 0 radical (unpaired) electrons. The second-order valence-corrected chi connectivity index (χ2v) is 6.78. The fourth-order valence-electron chi connectivity index (χ4n) is 3.66. The van der Waals surface area contributed by atoms with Crippen LogP contribution in [-0.4, -0.2) is 30.4 Å². The van der Waals surface area contributed by atoms with Crippen LogP contribution in [0.2, 0.25) is 5.02 Å². The first-order chi connectivity index (χ1) is 12.5. The first kappa shape index (κ1) is 16.7. The number of hydrogen-bond donors (Lipinski definition) is 2. The van der Waals surface area contributed by atoms with E-state index < -0.39 is 5.66 Å². The van der Waals surface area contributed by atoms with Crippen LogP contribution < -0.4 is 15.4 Å². The second kappa shape index (κ2) is 5.92. The van der Waals surface area contributed by atoms with E-state index in [1.165, 1.54) is 0 Å². The number of carbonyl (C=O) groups is 2. The van der Waals surface area contributed by atoms with E-state index in [1.54, 1.807) is 42.3 Å². The number of fused-ring (bicyclic) bond motifs is 3. The lowest BCUT2D eigenvalue weighted by atomic mass is 9.92. The Morgan fingerprint density at radius 2 is 1.96 bits per heavy atom. The summed E-state index contributed by atoms with van der Waals surface area (Å²) in [7, 11) is 1.57. The summed E-state index contributed by atoms with van der Waals surface area (Å²) in [5, 5.41) is 6.67. The van der Waals surface area contributed by atoms with Crippen molar-refractivity contribution in [2.24, 2.45) is 0 Å². The van der Waals surface area contributed by atoms with Gasteiger partial charge in [-0.05, 0) is 36.8 Å². The van der Waals surface area contributed by atoms with Gasteiger partial charge in [0.2, 0.25) is 5.66 Å². The molecule has 0 aromatic heterocycles.